The lowest BCUT2D eigenvalue weighted by molar-refractivity contribution is -0.154. The fourth-order valence-electron chi connectivity index (χ4n) is 5.05. The van der Waals surface area contributed by atoms with Gasteiger partial charge in [-0.05, 0) is 44.4 Å². The third-order valence-corrected chi connectivity index (χ3v) is 6.68. The molecule has 0 bridgehead atoms. The summed E-state index contributed by atoms with van der Waals surface area (Å²) in [4.78, 5) is 29.7. The quantitative estimate of drug-likeness (QED) is 0.338. The van der Waals surface area contributed by atoms with E-state index in [1.54, 1.807) is 17.9 Å². The SMILES string of the molecule is COc1ccc(Cn2c3c(c4ccccc42)Cc2c(O)n(CCCC(=O)OC(C)(C)C)c(=O)n2C3)cn1. The molecule has 0 amide bonds. The highest BCUT2D eigenvalue weighted by atomic mass is 16.6. The van der Waals surface area contributed by atoms with E-state index in [1.807, 2.05) is 45.0 Å². The van der Waals surface area contributed by atoms with Gasteiger partial charge in [0.15, 0.2) is 0 Å². The molecule has 0 radical (unpaired) electrons. The van der Waals surface area contributed by atoms with Gasteiger partial charge in [0, 0.05) is 54.8 Å². The van der Waals surface area contributed by atoms with Crippen LogP contribution in [-0.4, -0.2) is 42.5 Å². The summed E-state index contributed by atoms with van der Waals surface area (Å²) in [7, 11) is 1.59. The van der Waals surface area contributed by atoms with Crippen molar-refractivity contribution in [3.63, 3.8) is 0 Å². The first-order chi connectivity index (χ1) is 17.7. The Balaban J connectivity index is 1.44. The van der Waals surface area contributed by atoms with Crippen LogP contribution in [-0.2, 0) is 35.6 Å². The van der Waals surface area contributed by atoms with Crippen LogP contribution in [0.15, 0.2) is 47.4 Å². The molecule has 0 fully saturated rings. The van der Waals surface area contributed by atoms with Gasteiger partial charge in [-0.25, -0.2) is 9.78 Å². The molecule has 0 saturated carbocycles. The summed E-state index contributed by atoms with van der Waals surface area (Å²) < 4.78 is 15.8. The maximum Gasteiger partial charge on any atom is 0.331 e. The molecule has 0 aliphatic carbocycles. The van der Waals surface area contributed by atoms with E-state index in [4.69, 9.17) is 9.47 Å². The summed E-state index contributed by atoms with van der Waals surface area (Å²) >= 11 is 0. The first-order valence-electron chi connectivity index (χ1n) is 12.5. The summed E-state index contributed by atoms with van der Waals surface area (Å²) in [6.45, 7) is 6.66. The van der Waals surface area contributed by atoms with Gasteiger partial charge in [0.2, 0.25) is 11.8 Å². The molecule has 1 N–H and O–H groups in total. The fraction of sp³-hybridized carbons (Fsp3) is 0.393. The predicted molar refractivity (Wildman–Crippen MR) is 139 cm³/mol. The number of aromatic nitrogens is 4. The predicted octanol–water partition coefficient (Wildman–Crippen LogP) is 3.84. The van der Waals surface area contributed by atoms with Crippen molar-refractivity contribution in [2.75, 3.05) is 7.11 Å². The van der Waals surface area contributed by atoms with Gasteiger partial charge in [-0.2, -0.15) is 0 Å². The third kappa shape index (κ3) is 4.73. The summed E-state index contributed by atoms with van der Waals surface area (Å²) in [5.41, 5.74) is 4.02. The Bertz CT molecular complexity index is 1520. The number of carbonyl (C=O) groups is 1. The zero-order chi connectivity index (χ0) is 26.3. The van der Waals surface area contributed by atoms with Crippen LogP contribution in [0.3, 0.4) is 0 Å². The highest BCUT2D eigenvalue weighted by Crippen LogP contribution is 2.35. The van der Waals surface area contributed by atoms with Crippen molar-refractivity contribution in [3.8, 4) is 11.8 Å². The van der Waals surface area contributed by atoms with Gasteiger partial charge in [-0.15, -0.1) is 0 Å². The Kier molecular flexibility index (Phi) is 6.31. The van der Waals surface area contributed by atoms with E-state index in [0.29, 0.717) is 37.5 Å². The molecule has 3 aromatic heterocycles. The standard InChI is InChI=1S/C28H32N4O5/c1-28(2,3)37-25(33)10-7-13-30-26(34)22-14-20-19-8-5-6-9-21(19)31(23(20)17-32(22)27(30)35)16-18-11-12-24(36-4)29-15-18/h5-6,8-9,11-12,15,34H,7,10,13-14,16-17H2,1-4H3. The molecule has 1 aliphatic heterocycles. The molecule has 1 aromatic carbocycles. The fourth-order valence-corrected chi connectivity index (χ4v) is 5.05. The highest BCUT2D eigenvalue weighted by molar-refractivity contribution is 5.86. The molecule has 9 heteroatoms. The van der Waals surface area contributed by atoms with Gasteiger partial charge in [0.05, 0.1) is 19.3 Å². The zero-order valence-corrected chi connectivity index (χ0v) is 21.7. The van der Waals surface area contributed by atoms with E-state index in [9.17, 15) is 14.7 Å². The number of nitrogens with zero attached hydrogens (tertiary/aromatic N) is 4. The molecule has 1 aliphatic rings. The Morgan fingerprint density at radius 2 is 1.89 bits per heavy atom. The molecule has 4 aromatic rings. The Morgan fingerprint density at radius 3 is 2.59 bits per heavy atom. The number of hydrogen-bond donors (Lipinski definition) is 1. The first-order valence-corrected chi connectivity index (χ1v) is 12.5. The number of fused-ring (bicyclic) bond motifs is 4. The number of para-hydroxylation sites is 1. The Hall–Kier alpha value is -4.01. The minimum atomic E-state index is -0.554. The molecule has 0 unspecified atom stereocenters. The normalized spacial score (nSPS) is 12.9. The van der Waals surface area contributed by atoms with E-state index < -0.39 is 5.60 Å². The van der Waals surface area contributed by atoms with Crippen LogP contribution >= 0.6 is 0 Å². The molecular formula is C28H32N4O5. The first kappa shape index (κ1) is 24.7. The molecule has 194 valence electrons. The average Bonchev–Trinajstić information content (AvgIpc) is 3.29. The number of benzene rings is 1. The number of imidazole rings is 1. The van der Waals surface area contributed by atoms with E-state index in [2.05, 4.69) is 21.7 Å². The number of aromatic hydroxyl groups is 1. The van der Waals surface area contributed by atoms with Crippen molar-refractivity contribution in [1.29, 1.82) is 0 Å². The van der Waals surface area contributed by atoms with E-state index in [1.165, 1.54) is 4.57 Å². The van der Waals surface area contributed by atoms with E-state index >= 15 is 0 Å². The molecule has 0 atom stereocenters. The van der Waals surface area contributed by atoms with Crippen LogP contribution in [0.1, 0.15) is 56.1 Å². The second-order valence-corrected chi connectivity index (χ2v) is 10.4. The van der Waals surface area contributed by atoms with Crippen molar-refractivity contribution >= 4 is 16.9 Å². The average molecular weight is 505 g/mol. The Morgan fingerprint density at radius 1 is 1.11 bits per heavy atom. The van der Waals surface area contributed by atoms with Gasteiger partial charge >= 0.3 is 11.7 Å². The number of methoxy groups -OCH3 is 1. The smallest absolute Gasteiger partial charge is 0.331 e. The van der Waals surface area contributed by atoms with E-state index in [0.717, 1.165) is 27.7 Å². The van der Waals surface area contributed by atoms with Crippen LogP contribution in [0, 0.1) is 0 Å². The molecular weight excluding hydrogens is 472 g/mol. The molecule has 9 nitrogen and oxygen atoms in total. The summed E-state index contributed by atoms with van der Waals surface area (Å²) in [5.74, 6) is 0.212. The van der Waals surface area contributed by atoms with Crippen LogP contribution in [0.25, 0.3) is 10.9 Å². The van der Waals surface area contributed by atoms with Crippen molar-refractivity contribution in [2.24, 2.45) is 0 Å². The van der Waals surface area contributed by atoms with Crippen molar-refractivity contribution in [1.82, 2.24) is 18.7 Å². The molecule has 5 rings (SSSR count). The number of esters is 1. The summed E-state index contributed by atoms with van der Waals surface area (Å²) in [6.07, 6.45) is 2.82. The van der Waals surface area contributed by atoms with Gasteiger partial charge in [0.25, 0.3) is 0 Å². The summed E-state index contributed by atoms with van der Waals surface area (Å²) in [5, 5.41) is 12.1. The largest absolute Gasteiger partial charge is 0.493 e. The van der Waals surface area contributed by atoms with Gasteiger partial charge < -0.3 is 19.1 Å². The van der Waals surface area contributed by atoms with Gasteiger partial charge in [-0.3, -0.25) is 13.9 Å². The van der Waals surface area contributed by atoms with E-state index in [-0.39, 0.29) is 30.5 Å². The van der Waals surface area contributed by atoms with Crippen molar-refractivity contribution in [3.05, 3.63) is 75.6 Å². The minimum absolute atomic E-state index is 0.0315. The molecule has 4 heterocycles. The number of rotatable bonds is 7. The zero-order valence-electron chi connectivity index (χ0n) is 21.7. The van der Waals surface area contributed by atoms with Crippen molar-refractivity contribution < 1.29 is 19.4 Å². The van der Waals surface area contributed by atoms with Gasteiger partial charge in [0.1, 0.15) is 5.60 Å². The number of ether oxygens (including phenoxy) is 2. The second kappa shape index (κ2) is 9.46. The number of hydrogen-bond acceptors (Lipinski definition) is 6. The second-order valence-electron chi connectivity index (χ2n) is 10.4. The number of pyridine rings is 1. The lowest BCUT2D eigenvalue weighted by Gasteiger charge is -2.19. The molecule has 0 saturated heterocycles. The van der Waals surface area contributed by atoms with Crippen molar-refractivity contribution in [2.45, 2.75) is 65.3 Å². The molecule has 0 spiro atoms. The van der Waals surface area contributed by atoms with Gasteiger partial charge in [-0.1, -0.05) is 24.3 Å². The molecule has 37 heavy (non-hydrogen) atoms. The highest BCUT2D eigenvalue weighted by Gasteiger charge is 2.29. The monoisotopic (exact) mass is 504 g/mol. The Labute approximate surface area is 214 Å². The maximum absolute atomic E-state index is 13.3. The summed E-state index contributed by atoms with van der Waals surface area (Å²) in [6, 6.07) is 12.0. The van der Waals surface area contributed by atoms with Crippen LogP contribution in [0.5, 0.6) is 11.8 Å². The lowest BCUT2D eigenvalue weighted by Crippen LogP contribution is -2.29. The van der Waals surface area contributed by atoms with Crippen LogP contribution < -0.4 is 10.4 Å². The third-order valence-electron chi connectivity index (χ3n) is 6.68. The van der Waals surface area contributed by atoms with Crippen LogP contribution in [0.2, 0.25) is 0 Å². The lowest BCUT2D eigenvalue weighted by atomic mass is 10.0. The maximum atomic E-state index is 13.3. The number of carbonyl (C=O) groups excluding carboxylic acids is 1. The minimum Gasteiger partial charge on any atom is -0.493 e. The van der Waals surface area contributed by atoms with Crippen LogP contribution in [0.4, 0.5) is 0 Å². The topological polar surface area (TPSA) is 101 Å².